The maximum Gasteiger partial charge on any atom is 0.323 e. The Morgan fingerprint density at radius 2 is 1.76 bits per heavy atom. The van der Waals surface area contributed by atoms with E-state index in [1.54, 1.807) is 36.8 Å². The van der Waals surface area contributed by atoms with Crippen LogP contribution in [0.3, 0.4) is 0 Å². The third kappa shape index (κ3) is 2.85. The second kappa shape index (κ2) is 6.16. The van der Waals surface area contributed by atoms with E-state index < -0.39 is 11.8 Å². The number of amides is 2. The number of pyridine rings is 2. The van der Waals surface area contributed by atoms with Gasteiger partial charge in [0, 0.05) is 29.4 Å². The lowest BCUT2D eigenvalue weighted by atomic mass is 10.1. The first-order chi connectivity index (χ1) is 12.2. The number of nitrogens with zero attached hydrogens (tertiary/aromatic N) is 2. The molecule has 0 aliphatic heterocycles. The van der Waals surface area contributed by atoms with E-state index in [9.17, 15) is 9.18 Å². The van der Waals surface area contributed by atoms with Gasteiger partial charge in [-0.2, -0.15) is 0 Å². The van der Waals surface area contributed by atoms with Crippen molar-refractivity contribution in [1.29, 1.82) is 0 Å². The number of para-hydroxylation sites is 1. The third-order valence-corrected chi connectivity index (χ3v) is 3.88. The summed E-state index contributed by atoms with van der Waals surface area (Å²) in [5, 5.41) is 7.88. The van der Waals surface area contributed by atoms with Gasteiger partial charge in [0.1, 0.15) is 5.82 Å². The van der Waals surface area contributed by atoms with E-state index in [4.69, 9.17) is 0 Å². The molecule has 2 amide bonds. The average molecular weight is 332 g/mol. The van der Waals surface area contributed by atoms with Gasteiger partial charge in [0.05, 0.1) is 16.9 Å². The molecular weight excluding hydrogens is 319 g/mol. The fourth-order valence-electron chi connectivity index (χ4n) is 2.74. The molecular formula is C19H13FN4O. The monoisotopic (exact) mass is 332 g/mol. The topological polar surface area (TPSA) is 66.9 Å². The van der Waals surface area contributed by atoms with Crippen molar-refractivity contribution < 1.29 is 9.18 Å². The summed E-state index contributed by atoms with van der Waals surface area (Å²) in [6.45, 7) is 0. The van der Waals surface area contributed by atoms with E-state index in [2.05, 4.69) is 20.6 Å². The van der Waals surface area contributed by atoms with Crippen LogP contribution in [-0.4, -0.2) is 16.0 Å². The number of benzene rings is 2. The highest BCUT2D eigenvalue weighted by Gasteiger charge is 2.11. The lowest BCUT2D eigenvalue weighted by Crippen LogP contribution is -2.20. The highest BCUT2D eigenvalue weighted by atomic mass is 19.1. The van der Waals surface area contributed by atoms with E-state index in [0.29, 0.717) is 5.69 Å². The molecule has 0 unspecified atom stereocenters. The first-order valence-electron chi connectivity index (χ1n) is 7.66. The quantitative estimate of drug-likeness (QED) is 0.529. The predicted octanol–water partition coefficient (Wildman–Crippen LogP) is 4.57. The van der Waals surface area contributed by atoms with Gasteiger partial charge < -0.3 is 10.6 Å². The maximum atomic E-state index is 13.7. The summed E-state index contributed by atoms with van der Waals surface area (Å²) in [5.41, 5.74) is 1.46. The molecule has 6 heteroatoms. The molecule has 0 aliphatic rings. The van der Waals surface area contributed by atoms with Crippen LogP contribution in [0, 0.1) is 5.82 Å². The summed E-state index contributed by atoms with van der Waals surface area (Å²) in [7, 11) is 0. The molecule has 0 fully saturated rings. The van der Waals surface area contributed by atoms with Gasteiger partial charge >= 0.3 is 6.03 Å². The van der Waals surface area contributed by atoms with Crippen molar-refractivity contribution in [3.05, 3.63) is 72.9 Å². The average Bonchev–Trinajstić information content (AvgIpc) is 2.64. The van der Waals surface area contributed by atoms with Crippen LogP contribution in [0.1, 0.15) is 0 Å². The number of carbonyl (C=O) groups is 1. The lowest BCUT2D eigenvalue weighted by Gasteiger charge is -2.12. The summed E-state index contributed by atoms with van der Waals surface area (Å²) in [4.78, 5) is 20.8. The van der Waals surface area contributed by atoms with Gasteiger partial charge in [-0.15, -0.1) is 0 Å². The van der Waals surface area contributed by atoms with Crippen LogP contribution in [-0.2, 0) is 0 Å². The Kier molecular flexibility index (Phi) is 3.70. The molecule has 0 radical (unpaired) electrons. The highest BCUT2D eigenvalue weighted by Crippen LogP contribution is 2.30. The van der Waals surface area contributed by atoms with E-state index in [1.165, 1.54) is 12.1 Å². The smallest absolute Gasteiger partial charge is 0.307 e. The number of rotatable bonds is 2. The first-order valence-corrected chi connectivity index (χ1v) is 7.66. The van der Waals surface area contributed by atoms with Gasteiger partial charge in [-0.05, 0) is 41.8 Å². The largest absolute Gasteiger partial charge is 0.323 e. The Morgan fingerprint density at radius 3 is 2.64 bits per heavy atom. The standard InChI is InChI=1S/C19H13FN4O/c20-15-5-1-2-6-16(15)23-19(25)24-17-10-12-7-9-21-11-14(12)18-13(17)4-3-8-22-18/h1-11H,(H2,23,24,25). The van der Waals surface area contributed by atoms with Crippen molar-refractivity contribution in [2.24, 2.45) is 0 Å². The van der Waals surface area contributed by atoms with Gasteiger partial charge in [-0.1, -0.05) is 12.1 Å². The van der Waals surface area contributed by atoms with Crippen LogP contribution in [0.5, 0.6) is 0 Å². The normalized spacial score (nSPS) is 10.8. The number of aromatic nitrogens is 2. The van der Waals surface area contributed by atoms with Crippen molar-refractivity contribution in [3.8, 4) is 0 Å². The minimum absolute atomic E-state index is 0.118. The summed E-state index contributed by atoms with van der Waals surface area (Å²) in [6.07, 6.45) is 5.12. The summed E-state index contributed by atoms with van der Waals surface area (Å²) >= 11 is 0. The van der Waals surface area contributed by atoms with Crippen LogP contribution in [0.15, 0.2) is 67.1 Å². The third-order valence-electron chi connectivity index (χ3n) is 3.88. The van der Waals surface area contributed by atoms with E-state index in [1.807, 2.05) is 18.2 Å². The molecule has 0 aliphatic carbocycles. The van der Waals surface area contributed by atoms with Gasteiger partial charge in [0.25, 0.3) is 0 Å². The first kappa shape index (κ1) is 15.0. The minimum atomic E-state index is -0.524. The molecule has 122 valence electrons. The fourth-order valence-corrected chi connectivity index (χ4v) is 2.74. The van der Waals surface area contributed by atoms with Crippen molar-refractivity contribution in [1.82, 2.24) is 9.97 Å². The summed E-state index contributed by atoms with van der Waals surface area (Å²) in [5.74, 6) is -0.492. The molecule has 5 nitrogen and oxygen atoms in total. The minimum Gasteiger partial charge on any atom is -0.307 e. The molecule has 2 aromatic carbocycles. The summed E-state index contributed by atoms with van der Waals surface area (Å²) < 4.78 is 13.7. The van der Waals surface area contributed by atoms with Crippen LogP contribution in [0.25, 0.3) is 21.7 Å². The number of urea groups is 1. The number of nitrogens with one attached hydrogen (secondary N) is 2. The Morgan fingerprint density at radius 1 is 0.920 bits per heavy atom. The lowest BCUT2D eigenvalue weighted by molar-refractivity contribution is 0.262. The Labute approximate surface area is 142 Å². The second-order valence-corrected chi connectivity index (χ2v) is 5.48. The molecule has 4 rings (SSSR count). The molecule has 4 aromatic rings. The Bertz CT molecular complexity index is 1100. The van der Waals surface area contributed by atoms with Crippen molar-refractivity contribution in [2.75, 3.05) is 10.6 Å². The van der Waals surface area contributed by atoms with Crippen LogP contribution >= 0.6 is 0 Å². The molecule has 0 bridgehead atoms. The Balaban J connectivity index is 1.73. The molecule has 0 spiro atoms. The van der Waals surface area contributed by atoms with Crippen molar-refractivity contribution in [2.45, 2.75) is 0 Å². The van der Waals surface area contributed by atoms with Crippen LogP contribution in [0.4, 0.5) is 20.6 Å². The van der Waals surface area contributed by atoms with Crippen molar-refractivity contribution >= 4 is 39.1 Å². The van der Waals surface area contributed by atoms with Gasteiger partial charge in [-0.3, -0.25) is 9.97 Å². The predicted molar refractivity (Wildman–Crippen MR) is 96.1 cm³/mol. The zero-order chi connectivity index (χ0) is 17.2. The molecule has 25 heavy (non-hydrogen) atoms. The molecule has 0 saturated carbocycles. The van der Waals surface area contributed by atoms with E-state index in [-0.39, 0.29) is 5.69 Å². The maximum absolute atomic E-state index is 13.7. The molecule has 0 atom stereocenters. The van der Waals surface area contributed by atoms with E-state index >= 15 is 0 Å². The number of halogens is 1. The number of fused-ring (bicyclic) bond motifs is 3. The zero-order valence-electron chi connectivity index (χ0n) is 13.0. The van der Waals surface area contributed by atoms with Gasteiger partial charge in [-0.25, -0.2) is 9.18 Å². The highest BCUT2D eigenvalue weighted by molar-refractivity contribution is 6.14. The molecule has 2 heterocycles. The fraction of sp³-hybridized carbons (Fsp3) is 0. The van der Waals surface area contributed by atoms with Crippen LogP contribution < -0.4 is 10.6 Å². The molecule has 0 saturated heterocycles. The van der Waals surface area contributed by atoms with Gasteiger partial charge in [0.15, 0.2) is 0 Å². The van der Waals surface area contributed by atoms with Crippen LogP contribution in [0.2, 0.25) is 0 Å². The van der Waals surface area contributed by atoms with Crippen molar-refractivity contribution in [3.63, 3.8) is 0 Å². The molecule has 2 N–H and O–H groups in total. The second-order valence-electron chi connectivity index (χ2n) is 5.48. The van der Waals surface area contributed by atoms with Gasteiger partial charge in [0.2, 0.25) is 0 Å². The summed E-state index contributed by atoms with van der Waals surface area (Å²) in [6, 6.07) is 12.8. The Hall–Kier alpha value is -3.54. The number of anilines is 2. The number of hydrogen-bond acceptors (Lipinski definition) is 3. The molecule has 2 aromatic heterocycles. The zero-order valence-corrected chi connectivity index (χ0v) is 13.0. The number of hydrogen-bond donors (Lipinski definition) is 2. The van der Waals surface area contributed by atoms with E-state index in [0.717, 1.165) is 21.7 Å². The number of carbonyl (C=O) groups excluding carboxylic acids is 1. The SMILES string of the molecule is O=C(Nc1ccccc1F)Nc1cc2ccncc2c2ncccc12.